The molecule has 2 N–H and O–H groups in total. The van der Waals surface area contributed by atoms with Crippen molar-refractivity contribution in [1.82, 2.24) is 9.80 Å². The van der Waals surface area contributed by atoms with Gasteiger partial charge in [-0.25, -0.2) is 0 Å². The molecule has 3 amide bonds. The van der Waals surface area contributed by atoms with Gasteiger partial charge in [-0.3, -0.25) is 19.3 Å². The van der Waals surface area contributed by atoms with Gasteiger partial charge in [0.05, 0.1) is 6.54 Å². The van der Waals surface area contributed by atoms with Gasteiger partial charge < -0.3 is 10.6 Å². The van der Waals surface area contributed by atoms with Crippen molar-refractivity contribution in [1.29, 1.82) is 0 Å². The van der Waals surface area contributed by atoms with Crippen LogP contribution >= 0.6 is 15.9 Å². The number of halogens is 1. The van der Waals surface area contributed by atoms with E-state index in [0.717, 1.165) is 34.2 Å². The molecule has 0 saturated carbocycles. The Morgan fingerprint density at radius 3 is 1.62 bits per heavy atom. The highest BCUT2D eigenvalue weighted by Gasteiger charge is 2.20. The number of rotatable bonds is 8. The Labute approximate surface area is 300 Å². The third-order valence-corrected chi connectivity index (χ3v) is 8.15. The van der Waals surface area contributed by atoms with Crippen molar-refractivity contribution in [3.05, 3.63) is 106 Å². The fraction of sp³-hybridized carbons (Fsp3) is 0.488. The molecule has 0 radical (unpaired) electrons. The van der Waals surface area contributed by atoms with Gasteiger partial charge in [-0.05, 0) is 98.3 Å². The molecule has 0 bridgehead atoms. The zero-order chi connectivity index (χ0) is 36.3. The predicted molar refractivity (Wildman–Crippen MR) is 206 cm³/mol. The summed E-state index contributed by atoms with van der Waals surface area (Å²) < 4.78 is 0.975. The first kappa shape index (κ1) is 44.7. The van der Waals surface area contributed by atoms with Crippen molar-refractivity contribution in [2.24, 2.45) is 23.5 Å². The second kappa shape index (κ2) is 27.6. The minimum Gasteiger partial charge on any atom is -0.372 e. The molecule has 3 aromatic carbocycles. The first-order valence-electron chi connectivity index (χ1n) is 17.3. The second-order valence-electron chi connectivity index (χ2n) is 13.0. The van der Waals surface area contributed by atoms with Crippen LogP contribution < -0.4 is 5.73 Å². The van der Waals surface area contributed by atoms with Gasteiger partial charge in [0.1, 0.15) is 0 Å². The van der Waals surface area contributed by atoms with E-state index in [1.165, 1.54) is 75.2 Å². The van der Waals surface area contributed by atoms with Crippen LogP contribution in [0.5, 0.6) is 0 Å². The quantitative estimate of drug-likeness (QED) is 0.235. The van der Waals surface area contributed by atoms with Gasteiger partial charge >= 0.3 is 0 Å². The summed E-state index contributed by atoms with van der Waals surface area (Å²) in [6, 6.07) is 28.8. The summed E-state index contributed by atoms with van der Waals surface area (Å²) in [4.78, 5) is 34.8. The minimum atomic E-state index is -0.231. The summed E-state index contributed by atoms with van der Waals surface area (Å²) in [6.07, 6.45) is 6.73. The number of benzene rings is 3. The first-order valence-corrected chi connectivity index (χ1v) is 18.1. The number of carbonyl (C=O) groups excluding carboxylic acids is 3. The maximum absolute atomic E-state index is 11.2. The zero-order valence-electron chi connectivity index (χ0n) is 30.8. The molecule has 0 spiro atoms. The van der Waals surface area contributed by atoms with Gasteiger partial charge in [0.25, 0.3) is 0 Å². The standard InChI is InChI=1S/C17H27N.C11H12BrNO2.C8H10.C4H10.CH3NO/c1-15(2)17-10-13-18(14-11-17)12-6-9-16-7-4-3-5-8-16;1-8(14)13(9(2)15)7-10-3-5-11(12)6-4-10;1-2-8-6-4-3-5-7-8;1-4(2)3;2-1-3/h3-5,7-8,15,17H,6,9-14H2,1-2H3;3-6H,7H2,1-2H3;3-7H,2H2,1H3;4H,1-3H3;1H,(H2,2,3). The molecule has 1 heterocycles. The lowest BCUT2D eigenvalue weighted by atomic mass is 9.86. The van der Waals surface area contributed by atoms with Gasteiger partial charge in [-0.1, -0.05) is 130 Å². The summed E-state index contributed by atoms with van der Waals surface area (Å²) in [7, 11) is 0. The van der Waals surface area contributed by atoms with Gasteiger partial charge in [-0.15, -0.1) is 0 Å². The Morgan fingerprint density at radius 2 is 1.25 bits per heavy atom. The summed E-state index contributed by atoms with van der Waals surface area (Å²) >= 11 is 3.32. The molecule has 0 atom stereocenters. The van der Waals surface area contributed by atoms with E-state index in [2.05, 4.69) is 123 Å². The number of imide groups is 1. The maximum atomic E-state index is 11.2. The van der Waals surface area contributed by atoms with Gasteiger partial charge in [-0.2, -0.15) is 0 Å². The van der Waals surface area contributed by atoms with Crippen LogP contribution in [0.3, 0.4) is 0 Å². The maximum Gasteiger partial charge on any atom is 0.226 e. The van der Waals surface area contributed by atoms with Gasteiger partial charge in [0.2, 0.25) is 18.2 Å². The van der Waals surface area contributed by atoms with E-state index < -0.39 is 0 Å². The average molecular weight is 725 g/mol. The monoisotopic (exact) mass is 723 g/mol. The Balaban J connectivity index is 0.000000658. The van der Waals surface area contributed by atoms with E-state index >= 15 is 0 Å². The third-order valence-electron chi connectivity index (χ3n) is 7.62. The molecular weight excluding hydrogens is 662 g/mol. The van der Waals surface area contributed by atoms with Crippen molar-refractivity contribution in [3.8, 4) is 0 Å². The second-order valence-corrected chi connectivity index (χ2v) is 13.9. The summed E-state index contributed by atoms with van der Waals surface area (Å²) in [5.41, 5.74) is 7.99. The van der Waals surface area contributed by atoms with E-state index in [1.807, 2.05) is 30.3 Å². The molecule has 4 rings (SSSR count). The molecule has 0 unspecified atom stereocenters. The van der Waals surface area contributed by atoms with Crippen LogP contribution in [0.1, 0.15) is 91.3 Å². The molecule has 1 aliphatic rings. The fourth-order valence-corrected chi connectivity index (χ4v) is 5.19. The highest BCUT2D eigenvalue weighted by atomic mass is 79.9. The Kier molecular flexibility index (Phi) is 25.7. The number of nitrogens with two attached hydrogens (primary N) is 1. The van der Waals surface area contributed by atoms with Crippen LogP contribution in [0.25, 0.3) is 0 Å². The normalized spacial score (nSPS) is 12.5. The summed E-state index contributed by atoms with van der Waals surface area (Å²) in [5, 5.41) is 0. The lowest BCUT2D eigenvalue weighted by Crippen LogP contribution is -2.35. The number of likely N-dealkylation sites (tertiary alicyclic amines) is 1. The number of aryl methyl sites for hydroxylation is 2. The molecule has 1 fully saturated rings. The largest absolute Gasteiger partial charge is 0.372 e. The highest BCUT2D eigenvalue weighted by Crippen LogP contribution is 2.24. The fourth-order valence-electron chi connectivity index (χ4n) is 4.93. The molecule has 266 valence electrons. The van der Waals surface area contributed by atoms with Crippen LogP contribution in [0.2, 0.25) is 0 Å². The van der Waals surface area contributed by atoms with Crippen molar-refractivity contribution in [2.75, 3.05) is 19.6 Å². The van der Waals surface area contributed by atoms with Crippen LogP contribution in [-0.2, 0) is 33.8 Å². The average Bonchev–Trinajstić information content (AvgIpc) is 3.06. The predicted octanol–water partition coefficient (Wildman–Crippen LogP) is 9.34. The first-order chi connectivity index (χ1) is 22.8. The van der Waals surface area contributed by atoms with Crippen LogP contribution in [-0.4, -0.2) is 47.7 Å². The Morgan fingerprint density at radius 1 is 0.812 bits per heavy atom. The number of primary amides is 1. The number of nitrogens with zero attached hydrogens (tertiary/aromatic N) is 2. The molecule has 3 aromatic rings. The Bertz CT molecular complexity index is 1210. The third kappa shape index (κ3) is 23.1. The minimum absolute atomic E-state index is 0.231. The molecule has 0 aliphatic carbocycles. The summed E-state index contributed by atoms with van der Waals surface area (Å²) in [6.45, 7) is 20.4. The van der Waals surface area contributed by atoms with Gasteiger partial charge in [0, 0.05) is 18.3 Å². The SMILES string of the molecule is CC(=O)N(Cc1ccc(Br)cc1)C(C)=O.CC(C)C.CC(C)C1CCN(CCCc2ccccc2)CC1.CCc1ccccc1.NC=O. The van der Waals surface area contributed by atoms with Gasteiger partial charge in [0.15, 0.2) is 0 Å². The molecule has 7 heteroatoms. The van der Waals surface area contributed by atoms with Crippen molar-refractivity contribution >= 4 is 34.2 Å². The number of piperidine rings is 1. The lowest BCUT2D eigenvalue weighted by Gasteiger charge is -2.33. The number of carbonyl (C=O) groups is 3. The van der Waals surface area contributed by atoms with E-state index in [-0.39, 0.29) is 18.2 Å². The topological polar surface area (TPSA) is 83.7 Å². The number of amides is 3. The molecule has 0 aromatic heterocycles. The smallest absolute Gasteiger partial charge is 0.226 e. The van der Waals surface area contributed by atoms with Crippen molar-refractivity contribution in [2.45, 2.75) is 94.0 Å². The van der Waals surface area contributed by atoms with Crippen LogP contribution in [0.4, 0.5) is 0 Å². The lowest BCUT2D eigenvalue weighted by molar-refractivity contribution is -0.142. The Hall–Kier alpha value is -3.29. The molecule has 1 saturated heterocycles. The number of hydrogen-bond acceptors (Lipinski definition) is 4. The van der Waals surface area contributed by atoms with E-state index in [0.29, 0.717) is 6.54 Å². The number of hydrogen-bond donors (Lipinski definition) is 1. The molecular formula is C41H62BrN3O3. The van der Waals surface area contributed by atoms with E-state index in [4.69, 9.17) is 4.79 Å². The molecule has 48 heavy (non-hydrogen) atoms. The van der Waals surface area contributed by atoms with E-state index in [1.54, 1.807) is 0 Å². The molecule has 1 aliphatic heterocycles. The van der Waals surface area contributed by atoms with Crippen LogP contribution in [0.15, 0.2) is 89.4 Å². The summed E-state index contributed by atoms with van der Waals surface area (Å²) in [5.74, 6) is 2.21. The van der Waals surface area contributed by atoms with E-state index in [9.17, 15) is 9.59 Å². The van der Waals surface area contributed by atoms with Crippen LogP contribution in [0, 0.1) is 17.8 Å². The highest BCUT2D eigenvalue weighted by molar-refractivity contribution is 9.10. The molecule has 6 nitrogen and oxygen atoms in total. The van der Waals surface area contributed by atoms with Crippen molar-refractivity contribution in [3.63, 3.8) is 0 Å². The van der Waals surface area contributed by atoms with Crippen molar-refractivity contribution < 1.29 is 14.4 Å². The zero-order valence-corrected chi connectivity index (χ0v) is 32.4.